The van der Waals surface area contributed by atoms with Gasteiger partial charge in [0.25, 0.3) is 0 Å². The van der Waals surface area contributed by atoms with Crippen molar-refractivity contribution < 1.29 is 24.5 Å². The van der Waals surface area contributed by atoms with Crippen LogP contribution in [0.4, 0.5) is 4.79 Å². The number of carbonyl (C=O) groups is 1. The molecule has 5 nitrogen and oxygen atoms in total. The first kappa shape index (κ1) is 42.4. The highest BCUT2D eigenvalue weighted by molar-refractivity contribution is 5.57. The Bertz CT molecular complexity index is 671. The zero-order valence-corrected chi connectivity index (χ0v) is 29.0. The second kappa shape index (κ2) is 35.9. The zero-order valence-electron chi connectivity index (χ0n) is 29.0. The number of aliphatic hydroxyl groups is 1. The Morgan fingerprint density at radius 2 is 1.07 bits per heavy atom. The van der Waals surface area contributed by atoms with Crippen molar-refractivity contribution in [3.63, 3.8) is 0 Å². The molecule has 0 aromatic carbocycles. The van der Waals surface area contributed by atoms with Crippen molar-refractivity contribution in [2.45, 2.75) is 193 Å². The van der Waals surface area contributed by atoms with Gasteiger partial charge in [0, 0.05) is 6.61 Å². The minimum absolute atomic E-state index is 0.182. The van der Waals surface area contributed by atoms with Crippen molar-refractivity contribution in [1.29, 1.82) is 0 Å². The van der Waals surface area contributed by atoms with Crippen LogP contribution in [0.1, 0.15) is 181 Å². The Labute approximate surface area is 273 Å². The lowest BCUT2D eigenvalue weighted by Gasteiger charge is -2.16. The molecule has 0 amide bonds. The van der Waals surface area contributed by atoms with Crippen LogP contribution in [0.15, 0.2) is 36.5 Å². The lowest BCUT2D eigenvalue weighted by Crippen LogP contribution is -2.23. The molecule has 5 heteroatoms. The maximum atomic E-state index is 11.1. The van der Waals surface area contributed by atoms with Crippen molar-refractivity contribution >= 4 is 6.16 Å². The molecular weight excluding hydrogens is 548 g/mol. The number of carboxylic acid groups (broad SMARTS) is 1. The average Bonchev–Trinajstić information content (AvgIpc) is 3.00. The minimum atomic E-state index is -1.20. The Kier molecular flexibility index (Phi) is 34.6. The predicted octanol–water partition coefficient (Wildman–Crippen LogP) is 12.3. The number of rotatable bonds is 34. The number of aliphatic hydroxyl groups excluding tert-OH is 1. The molecule has 0 aliphatic carbocycles. The maximum Gasteiger partial charge on any atom is 0.506 e. The molecule has 0 heterocycles. The molecule has 0 rings (SSSR count). The van der Waals surface area contributed by atoms with E-state index >= 15 is 0 Å². The molecule has 2 unspecified atom stereocenters. The number of hydrogen-bond acceptors (Lipinski definition) is 4. The first-order chi connectivity index (χ1) is 21.6. The Morgan fingerprint density at radius 1 is 0.591 bits per heavy atom. The van der Waals surface area contributed by atoms with Gasteiger partial charge in [0.1, 0.15) is 6.10 Å². The predicted molar refractivity (Wildman–Crippen MR) is 189 cm³/mol. The van der Waals surface area contributed by atoms with Crippen LogP contribution in [0, 0.1) is 0 Å². The van der Waals surface area contributed by atoms with Gasteiger partial charge in [-0.1, -0.05) is 140 Å². The molecule has 0 aliphatic heterocycles. The molecule has 0 spiro atoms. The third-order valence-electron chi connectivity index (χ3n) is 8.17. The highest BCUT2D eigenvalue weighted by Crippen LogP contribution is 2.14. The van der Waals surface area contributed by atoms with Crippen LogP contribution in [-0.4, -0.2) is 41.8 Å². The molecule has 0 fully saturated rings. The summed E-state index contributed by atoms with van der Waals surface area (Å²) in [5, 5.41) is 19.1. The average molecular weight is 621 g/mol. The largest absolute Gasteiger partial charge is 0.506 e. The van der Waals surface area contributed by atoms with Gasteiger partial charge in [-0.2, -0.15) is 0 Å². The fourth-order valence-corrected chi connectivity index (χ4v) is 5.36. The van der Waals surface area contributed by atoms with Crippen molar-refractivity contribution in [3.8, 4) is 0 Å². The van der Waals surface area contributed by atoms with E-state index in [9.17, 15) is 9.90 Å². The van der Waals surface area contributed by atoms with Crippen LogP contribution >= 0.6 is 0 Å². The molecule has 0 aromatic heterocycles. The SMILES string of the molecule is CCCCC/C=C\C/C=C\CCCCCCCCOCC(CCCCCCCC/C=C\CC(O)CCCCCC)OC(=O)O. The standard InChI is InChI=1S/C39H72O5/c1-3-5-7-9-10-11-12-13-14-15-16-17-21-24-27-31-35-43-36-38(44-39(41)42)34-30-26-23-20-18-19-22-25-29-33-37(40)32-28-8-6-4-2/h10-11,13-14,25,29,37-38,40H,3-9,12,15-24,26-28,30-36H2,1-2H3,(H,41,42)/b11-10-,14-13-,29-25-. The maximum absolute atomic E-state index is 11.1. The van der Waals surface area contributed by atoms with Crippen LogP contribution in [0.3, 0.4) is 0 Å². The summed E-state index contributed by atoms with van der Waals surface area (Å²) in [4.78, 5) is 11.1. The summed E-state index contributed by atoms with van der Waals surface area (Å²) in [6.45, 7) is 5.51. The first-order valence-corrected chi connectivity index (χ1v) is 18.7. The summed E-state index contributed by atoms with van der Waals surface area (Å²) >= 11 is 0. The van der Waals surface area contributed by atoms with Crippen molar-refractivity contribution in [2.75, 3.05) is 13.2 Å². The van der Waals surface area contributed by atoms with Gasteiger partial charge in [-0.25, -0.2) is 4.79 Å². The van der Waals surface area contributed by atoms with Crippen molar-refractivity contribution in [3.05, 3.63) is 36.5 Å². The molecular formula is C39H72O5. The van der Waals surface area contributed by atoms with E-state index in [1.165, 1.54) is 109 Å². The summed E-state index contributed by atoms with van der Waals surface area (Å²) in [6, 6.07) is 0. The molecule has 2 atom stereocenters. The first-order valence-electron chi connectivity index (χ1n) is 18.7. The number of ether oxygens (including phenoxy) is 2. The van der Waals surface area contributed by atoms with Crippen LogP contribution in [0.5, 0.6) is 0 Å². The van der Waals surface area contributed by atoms with E-state index < -0.39 is 6.16 Å². The van der Waals surface area contributed by atoms with Crippen LogP contribution in [-0.2, 0) is 9.47 Å². The monoisotopic (exact) mass is 621 g/mol. The second-order valence-corrected chi connectivity index (χ2v) is 12.6. The molecule has 2 N–H and O–H groups in total. The van der Waals surface area contributed by atoms with E-state index in [0.29, 0.717) is 13.2 Å². The summed E-state index contributed by atoms with van der Waals surface area (Å²) in [6.07, 6.45) is 41.8. The Hall–Kier alpha value is -1.59. The van der Waals surface area contributed by atoms with E-state index in [0.717, 1.165) is 57.8 Å². The summed E-state index contributed by atoms with van der Waals surface area (Å²) < 4.78 is 10.8. The molecule has 0 aliphatic rings. The Balaban J connectivity index is 3.62. The third kappa shape index (κ3) is 34.9. The molecule has 0 radical (unpaired) electrons. The normalized spacial score (nSPS) is 13.4. The van der Waals surface area contributed by atoms with E-state index in [2.05, 4.69) is 50.3 Å². The van der Waals surface area contributed by atoms with Gasteiger partial charge in [-0.15, -0.1) is 0 Å². The van der Waals surface area contributed by atoms with Gasteiger partial charge in [0.05, 0.1) is 12.7 Å². The van der Waals surface area contributed by atoms with Gasteiger partial charge in [-0.3, -0.25) is 0 Å². The Morgan fingerprint density at radius 3 is 1.68 bits per heavy atom. The molecule has 0 saturated heterocycles. The van der Waals surface area contributed by atoms with Gasteiger partial charge in [0.15, 0.2) is 0 Å². The van der Waals surface area contributed by atoms with Crippen LogP contribution in [0.25, 0.3) is 0 Å². The summed E-state index contributed by atoms with van der Waals surface area (Å²) in [5.41, 5.74) is 0. The summed E-state index contributed by atoms with van der Waals surface area (Å²) in [7, 11) is 0. The summed E-state index contributed by atoms with van der Waals surface area (Å²) in [5.74, 6) is 0. The molecule has 258 valence electrons. The van der Waals surface area contributed by atoms with E-state index in [1.54, 1.807) is 0 Å². The van der Waals surface area contributed by atoms with Crippen molar-refractivity contribution in [1.82, 2.24) is 0 Å². The number of hydrogen-bond donors (Lipinski definition) is 2. The number of unbranched alkanes of at least 4 members (excludes halogenated alkanes) is 18. The van der Waals surface area contributed by atoms with Gasteiger partial charge < -0.3 is 19.7 Å². The highest BCUT2D eigenvalue weighted by Gasteiger charge is 2.13. The van der Waals surface area contributed by atoms with Crippen LogP contribution < -0.4 is 0 Å². The van der Waals surface area contributed by atoms with Crippen LogP contribution in [0.2, 0.25) is 0 Å². The molecule has 0 bridgehead atoms. The lowest BCUT2D eigenvalue weighted by molar-refractivity contribution is -0.00676. The highest BCUT2D eigenvalue weighted by atomic mass is 16.7. The topological polar surface area (TPSA) is 76.0 Å². The smallest absolute Gasteiger partial charge is 0.450 e. The third-order valence-corrected chi connectivity index (χ3v) is 8.17. The van der Waals surface area contributed by atoms with Crippen molar-refractivity contribution in [2.24, 2.45) is 0 Å². The molecule has 0 saturated carbocycles. The van der Waals surface area contributed by atoms with E-state index in [1.807, 2.05) is 0 Å². The fourth-order valence-electron chi connectivity index (χ4n) is 5.36. The molecule has 44 heavy (non-hydrogen) atoms. The zero-order chi connectivity index (χ0) is 32.2. The quantitative estimate of drug-likeness (QED) is 0.0425. The number of allylic oxidation sites excluding steroid dienone is 5. The van der Waals surface area contributed by atoms with E-state index in [4.69, 9.17) is 14.6 Å². The lowest BCUT2D eigenvalue weighted by atomic mass is 10.1. The van der Waals surface area contributed by atoms with Gasteiger partial charge in [-0.05, 0) is 77.0 Å². The molecule has 0 aromatic rings. The van der Waals surface area contributed by atoms with E-state index in [-0.39, 0.29) is 12.2 Å². The fraction of sp³-hybridized carbons (Fsp3) is 0.821. The van der Waals surface area contributed by atoms with Gasteiger partial charge in [0.2, 0.25) is 0 Å². The van der Waals surface area contributed by atoms with Gasteiger partial charge >= 0.3 is 6.16 Å². The minimum Gasteiger partial charge on any atom is -0.450 e. The second-order valence-electron chi connectivity index (χ2n) is 12.6.